The van der Waals surface area contributed by atoms with E-state index in [1.165, 1.54) is 0 Å². The maximum atomic E-state index is 13.1. The Morgan fingerprint density at radius 1 is 1.22 bits per heavy atom. The van der Waals surface area contributed by atoms with Crippen LogP contribution in [0.1, 0.15) is 32.1 Å². The summed E-state index contributed by atoms with van der Waals surface area (Å²) in [5.41, 5.74) is 6.78. The van der Waals surface area contributed by atoms with Gasteiger partial charge in [-0.05, 0) is 49.4 Å². The lowest BCUT2D eigenvalue weighted by Crippen LogP contribution is -2.60. The minimum atomic E-state index is -0.891. The summed E-state index contributed by atoms with van der Waals surface area (Å²) in [5, 5.41) is 5.53. The number of halogens is 2. The van der Waals surface area contributed by atoms with Crippen molar-refractivity contribution in [3.05, 3.63) is 46.8 Å². The standard InChI is InChI=1S/C23H26Cl2N6O/c24-16-8-17(25)10-18(9-16)30-23(22(26)32,11-14-3-4-14)15-2-1-7-31(12-15)21-19-5-6-27-20(19)28-13-29-21/h5-6,8-10,13-15,30H,1-4,7,11-12H2,(H2,26,32)(H,27,28,29)/t15-,23?/m1/s1. The number of amides is 1. The first kappa shape index (κ1) is 21.3. The van der Waals surface area contributed by atoms with Gasteiger partial charge in [0.25, 0.3) is 0 Å². The van der Waals surface area contributed by atoms with Crippen molar-refractivity contribution in [3.63, 3.8) is 0 Å². The Morgan fingerprint density at radius 2 is 2.00 bits per heavy atom. The van der Waals surface area contributed by atoms with Gasteiger partial charge in [-0.2, -0.15) is 0 Å². The van der Waals surface area contributed by atoms with Crippen molar-refractivity contribution in [2.24, 2.45) is 17.6 Å². The molecule has 2 aliphatic rings. The molecule has 1 amide bonds. The van der Waals surface area contributed by atoms with E-state index in [9.17, 15) is 4.79 Å². The van der Waals surface area contributed by atoms with Crippen LogP contribution in [-0.4, -0.2) is 39.5 Å². The molecule has 1 unspecified atom stereocenters. The minimum absolute atomic E-state index is 0.0102. The van der Waals surface area contributed by atoms with Crippen LogP contribution in [-0.2, 0) is 4.79 Å². The second-order valence-corrected chi connectivity index (χ2v) is 9.86. The Hall–Kier alpha value is -2.51. The number of piperidine rings is 1. The number of carbonyl (C=O) groups excluding carboxylic acids is 1. The van der Waals surface area contributed by atoms with Crippen LogP contribution in [0.25, 0.3) is 11.0 Å². The molecule has 4 N–H and O–H groups in total. The number of primary amides is 1. The van der Waals surface area contributed by atoms with Crippen molar-refractivity contribution in [2.45, 2.75) is 37.6 Å². The number of H-pyrrole nitrogens is 1. The Labute approximate surface area is 196 Å². The monoisotopic (exact) mass is 472 g/mol. The lowest BCUT2D eigenvalue weighted by Gasteiger charge is -2.45. The second-order valence-electron chi connectivity index (χ2n) is 8.99. The number of fused-ring (bicyclic) bond motifs is 1. The van der Waals surface area contributed by atoms with Crippen molar-refractivity contribution in [2.75, 3.05) is 23.3 Å². The number of aromatic nitrogens is 3. The lowest BCUT2D eigenvalue weighted by atomic mass is 9.74. The fraction of sp³-hybridized carbons (Fsp3) is 0.435. The van der Waals surface area contributed by atoms with E-state index in [1.54, 1.807) is 24.5 Å². The molecule has 1 aliphatic heterocycles. The van der Waals surface area contributed by atoms with Crippen LogP contribution in [0.4, 0.5) is 11.5 Å². The molecule has 9 heteroatoms. The van der Waals surface area contributed by atoms with Gasteiger partial charge in [-0.3, -0.25) is 4.79 Å². The topological polar surface area (TPSA) is 99.9 Å². The highest BCUT2D eigenvalue weighted by molar-refractivity contribution is 6.35. The highest BCUT2D eigenvalue weighted by Crippen LogP contribution is 2.44. The molecule has 2 aromatic heterocycles. The first-order valence-electron chi connectivity index (χ1n) is 11.0. The molecule has 1 saturated carbocycles. The molecule has 1 saturated heterocycles. The molecule has 3 heterocycles. The summed E-state index contributed by atoms with van der Waals surface area (Å²) < 4.78 is 0. The van der Waals surface area contributed by atoms with Crippen molar-refractivity contribution < 1.29 is 4.79 Å². The van der Waals surface area contributed by atoms with E-state index in [1.807, 2.05) is 12.3 Å². The number of nitrogens with one attached hydrogen (secondary N) is 2. The zero-order valence-corrected chi connectivity index (χ0v) is 19.2. The fourth-order valence-corrected chi connectivity index (χ4v) is 5.55. The highest BCUT2D eigenvalue weighted by atomic mass is 35.5. The summed E-state index contributed by atoms with van der Waals surface area (Å²) in [6, 6.07) is 7.27. The SMILES string of the molecule is NC(=O)C(CC1CC1)(Nc1cc(Cl)cc(Cl)c1)[C@@H]1CCCN(c2ncnc3[nH]ccc23)C1. The Bertz CT molecular complexity index is 1130. The summed E-state index contributed by atoms with van der Waals surface area (Å²) in [4.78, 5) is 27.4. The molecule has 1 aliphatic carbocycles. The lowest BCUT2D eigenvalue weighted by molar-refractivity contribution is -0.124. The molecule has 1 aromatic carbocycles. The largest absolute Gasteiger partial charge is 0.371 e. The molecular formula is C23H26Cl2N6O. The summed E-state index contributed by atoms with van der Waals surface area (Å²) in [6.07, 6.45) is 8.24. The Kier molecular flexibility index (Phi) is 5.63. The first-order valence-corrected chi connectivity index (χ1v) is 11.8. The second kappa shape index (κ2) is 8.45. The van der Waals surface area contributed by atoms with Gasteiger partial charge in [-0.15, -0.1) is 0 Å². The van der Waals surface area contributed by atoms with Crippen molar-refractivity contribution in [1.29, 1.82) is 0 Å². The van der Waals surface area contributed by atoms with Gasteiger partial charge in [0.05, 0.1) is 5.39 Å². The highest BCUT2D eigenvalue weighted by Gasteiger charge is 2.49. The molecule has 2 atom stereocenters. The predicted molar refractivity (Wildman–Crippen MR) is 128 cm³/mol. The summed E-state index contributed by atoms with van der Waals surface area (Å²) in [7, 11) is 0. The molecule has 0 spiro atoms. The maximum absolute atomic E-state index is 13.1. The van der Waals surface area contributed by atoms with Crippen LogP contribution in [0.15, 0.2) is 36.8 Å². The molecule has 3 aromatic rings. The number of rotatable bonds is 7. The summed E-state index contributed by atoms with van der Waals surface area (Å²) >= 11 is 12.5. The number of anilines is 2. The van der Waals surface area contributed by atoms with Gasteiger partial charge in [0.2, 0.25) is 5.91 Å². The van der Waals surface area contributed by atoms with E-state index < -0.39 is 5.54 Å². The van der Waals surface area contributed by atoms with Gasteiger partial charge in [0.15, 0.2) is 0 Å². The van der Waals surface area contributed by atoms with E-state index >= 15 is 0 Å². The van der Waals surface area contributed by atoms with E-state index in [2.05, 4.69) is 25.2 Å². The number of aromatic amines is 1. The van der Waals surface area contributed by atoms with Gasteiger partial charge < -0.3 is 20.9 Å². The van der Waals surface area contributed by atoms with Crippen molar-refractivity contribution in [1.82, 2.24) is 15.0 Å². The Balaban J connectivity index is 1.50. The third-order valence-corrected chi connectivity index (χ3v) is 7.16. The molecule has 168 valence electrons. The zero-order valence-electron chi connectivity index (χ0n) is 17.7. The quantitative estimate of drug-likeness (QED) is 0.465. The van der Waals surface area contributed by atoms with E-state index in [-0.39, 0.29) is 11.8 Å². The average Bonchev–Trinajstić information content (AvgIpc) is 3.44. The predicted octanol–water partition coefficient (Wildman–Crippen LogP) is 4.62. The summed E-state index contributed by atoms with van der Waals surface area (Å²) in [5.74, 6) is 1.06. The zero-order chi connectivity index (χ0) is 22.3. The molecule has 32 heavy (non-hydrogen) atoms. The van der Waals surface area contributed by atoms with Crippen LogP contribution in [0.2, 0.25) is 10.0 Å². The van der Waals surface area contributed by atoms with E-state index in [0.717, 1.165) is 49.1 Å². The third kappa shape index (κ3) is 4.11. The van der Waals surface area contributed by atoms with Crippen LogP contribution >= 0.6 is 23.2 Å². The molecule has 5 rings (SSSR count). The van der Waals surface area contributed by atoms with Crippen LogP contribution in [0.3, 0.4) is 0 Å². The maximum Gasteiger partial charge on any atom is 0.243 e. The van der Waals surface area contributed by atoms with Gasteiger partial charge in [0, 0.05) is 40.9 Å². The molecule has 0 radical (unpaired) electrons. The number of hydrogen-bond donors (Lipinski definition) is 3. The fourth-order valence-electron chi connectivity index (χ4n) is 5.03. The average molecular weight is 473 g/mol. The van der Waals surface area contributed by atoms with Crippen LogP contribution < -0.4 is 16.0 Å². The van der Waals surface area contributed by atoms with Crippen LogP contribution in [0.5, 0.6) is 0 Å². The summed E-state index contributed by atoms with van der Waals surface area (Å²) in [6.45, 7) is 1.54. The molecule has 2 fully saturated rings. The number of nitrogens with two attached hydrogens (primary N) is 1. The smallest absolute Gasteiger partial charge is 0.243 e. The first-order chi connectivity index (χ1) is 15.4. The molecule has 7 nitrogen and oxygen atoms in total. The number of nitrogens with zero attached hydrogens (tertiary/aromatic N) is 3. The van der Waals surface area contributed by atoms with Crippen molar-refractivity contribution in [3.8, 4) is 0 Å². The van der Waals surface area contributed by atoms with Gasteiger partial charge >= 0.3 is 0 Å². The van der Waals surface area contributed by atoms with Crippen molar-refractivity contribution >= 4 is 51.6 Å². The van der Waals surface area contributed by atoms with E-state index in [0.29, 0.717) is 34.6 Å². The Morgan fingerprint density at radius 3 is 2.72 bits per heavy atom. The molecular weight excluding hydrogens is 447 g/mol. The number of carbonyl (C=O) groups is 1. The van der Waals surface area contributed by atoms with Gasteiger partial charge in [0.1, 0.15) is 23.3 Å². The van der Waals surface area contributed by atoms with E-state index in [4.69, 9.17) is 28.9 Å². The normalized spacial score (nSPS) is 20.8. The minimum Gasteiger partial charge on any atom is -0.371 e. The number of hydrogen-bond acceptors (Lipinski definition) is 5. The van der Waals surface area contributed by atoms with Gasteiger partial charge in [-0.1, -0.05) is 36.0 Å². The van der Waals surface area contributed by atoms with Gasteiger partial charge in [-0.25, -0.2) is 9.97 Å². The molecule has 0 bridgehead atoms. The van der Waals surface area contributed by atoms with Crippen LogP contribution in [0, 0.1) is 11.8 Å². The third-order valence-electron chi connectivity index (χ3n) is 6.73. The number of benzene rings is 1.